The van der Waals surface area contributed by atoms with Crippen LogP contribution in [-0.4, -0.2) is 58.8 Å². The number of carbonyl (C=O) groups excluding carboxylic acids is 1. The van der Waals surface area contributed by atoms with Crippen molar-refractivity contribution in [3.8, 4) is 5.88 Å². The summed E-state index contributed by atoms with van der Waals surface area (Å²) in [4.78, 5) is 29.0. The lowest BCUT2D eigenvalue weighted by Crippen LogP contribution is -2.52. The molecule has 21 heavy (non-hydrogen) atoms. The van der Waals surface area contributed by atoms with Gasteiger partial charge in [0.05, 0.1) is 19.3 Å². The molecule has 0 aliphatic carbocycles. The van der Waals surface area contributed by atoms with Crippen molar-refractivity contribution >= 4 is 11.9 Å². The van der Waals surface area contributed by atoms with Crippen LogP contribution in [0.2, 0.25) is 0 Å². The molecule has 0 spiro atoms. The van der Waals surface area contributed by atoms with Gasteiger partial charge in [-0.15, -0.1) is 0 Å². The van der Waals surface area contributed by atoms with Crippen LogP contribution in [0.5, 0.6) is 5.88 Å². The van der Waals surface area contributed by atoms with Gasteiger partial charge in [0.1, 0.15) is 5.69 Å². The molecular formula is C14H18N2O5. The van der Waals surface area contributed by atoms with E-state index in [-0.39, 0.29) is 24.9 Å². The van der Waals surface area contributed by atoms with Gasteiger partial charge in [0, 0.05) is 12.6 Å². The van der Waals surface area contributed by atoms with Crippen LogP contribution < -0.4 is 4.74 Å². The molecular weight excluding hydrogens is 276 g/mol. The van der Waals surface area contributed by atoms with Gasteiger partial charge in [0.15, 0.2) is 6.04 Å². The summed E-state index contributed by atoms with van der Waals surface area (Å²) in [5, 5.41) is 9.16. The van der Waals surface area contributed by atoms with Gasteiger partial charge in [0.2, 0.25) is 5.88 Å². The third-order valence-electron chi connectivity index (χ3n) is 2.97. The average Bonchev–Trinajstić information content (AvgIpc) is 2.46. The molecule has 1 saturated heterocycles. The molecule has 1 aromatic rings. The Bertz CT molecular complexity index is 532. The van der Waals surface area contributed by atoms with Crippen LogP contribution in [0.1, 0.15) is 24.3 Å². The van der Waals surface area contributed by atoms with Gasteiger partial charge in [-0.05, 0) is 19.9 Å². The molecule has 7 heteroatoms. The summed E-state index contributed by atoms with van der Waals surface area (Å²) in [7, 11) is 0. The summed E-state index contributed by atoms with van der Waals surface area (Å²) in [6.07, 6.45) is -0.0574. The SMILES string of the molecule is CC(C)Oc1cccc(C(=O)N2CCOCC2C(=O)O)n1. The van der Waals surface area contributed by atoms with Gasteiger partial charge in [-0.25, -0.2) is 9.78 Å². The first-order chi connectivity index (χ1) is 9.99. The molecule has 1 atom stereocenters. The molecule has 1 unspecified atom stereocenters. The Morgan fingerprint density at radius 2 is 2.24 bits per heavy atom. The Labute approximate surface area is 122 Å². The van der Waals surface area contributed by atoms with Crippen LogP contribution in [0.25, 0.3) is 0 Å². The van der Waals surface area contributed by atoms with Crippen LogP contribution >= 0.6 is 0 Å². The maximum absolute atomic E-state index is 12.4. The molecule has 1 amide bonds. The monoisotopic (exact) mass is 294 g/mol. The quantitative estimate of drug-likeness (QED) is 0.883. The Hall–Kier alpha value is -2.15. The highest BCUT2D eigenvalue weighted by Gasteiger charge is 2.33. The second-order valence-corrected chi connectivity index (χ2v) is 4.96. The Morgan fingerprint density at radius 3 is 2.90 bits per heavy atom. The molecule has 1 aliphatic heterocycles. The minimum Gasteiger partial charge on any atom is -0.480 e. The Morgan fingerprint density at radius 1 is 1.48 bits per heavy atom. The van der Waals surface area contributed by atoms with Gasteiger partial charge in [-0.1, -0.05) is 6.07 Å². The predicted molar refractivity (Wildman–Crippen MR) is 73.3 cm³/mol. The summed E-state index contributed by atoms with van der Waals surface area (Å²) >= 11 is 0. The molecule has 1 fully saturated rings. The van der Waals surface area contributed by atoms with Crippen molar-refractivity contribution in [1.29, 1.82) is 0 Å². The molecule has 2 heterocycles. The first-order valence-corrected chi connectivity index (χ1v) is 6.74. The number of amides is 1. The van der Waals surface area contributed by atoms with Gasteiger partial charge in [-0.2, -0.15) is 0 Å². The molecule has 0 saturated carbocycles. The number of rotatable bonds is 4. The van der Waals surface area contributed by atoms with E-state index in [1.165, 1.54) is 4.90 Å². The fraction of sp³-hybridized carbons (Fsp3) is 0.500. The van der Waals surface area contributed by atoms with Crippen LogP contribution in [-0.2, 0) is 9.53 Å². The number of aliphatic carboxylic acids is 1. The zero-order chi connectivity index (χ0) is 15.4. The zero-order valence-electron chi connectivity index (χ0n) is 12.0. The minimum atomic E-state index is -1.09. The maximum atomic E-state index is 12.4. The minimum absolute atomic E-state index is 0.0107. The zero-order valence-corrected chi connectivity index (χ0v) is 12.0. The van der Waals surface area contributed by atoms with E-state index in [0.717, 1.165) is 0 Å². The number of aromatic nitrogens is 1. The molecule has 1 N–H and O–H groups in total. The van der Waals surface area contributed by atoms with Crippen molar-refractivity contribution in [2.24, 2.45) is 0 Å². The van der Waals surface area contributed by atoms with Crippen molar-refractivity contribution in [1.82, 2.24) is 9.88 Å². The number of morpholine rings is 1. The molecule has 0 bridgehead atoms. The highest BCUT2D eigenvalue weighted by molar-refractivity contribution is 5.95. The lowest BCUT2D eigenvalue weighted by atomic mass is 10.2. The Balaban J connectivity index is 2.20. The lowest BCUT2D eigenvalue weighted by molar-refractivity contribution is -0.147. The van der Waals surface area contributed by atoms with E-state index in [0.29, 0.717) is 12.5 Å². The van der Waals surface area contributed by atoms with Crippen molar-refractivity contribution in [3.63, 3.8) is 0 Å². The highest BCUT2D eigenvalue weighted by Crippen LogP contribution is 2.15. The molecule has 1 aromatic heterocycles. The van der Waals surface area contributed by atoms with Crippen LogP contribution in [0.15, 0.2) is 18.2 Å². The van der Waals surface area contributed by atoms with Gasteiger partial charge in [-0.3, -0.25) is 4.79 Å². The fourth-order valence-electron chi connectivity index (χ4n) is 2.04. The number of hydrogen-bond donors (Lipinski definition) is 1. The second kappa shape index (κ2) is 6.53. The van der Waals surface area contributed by atoms with Crippen molar-refractivity contribution in [2.45, 2.75) is 26.0 Å². The molecule has 2 rings (SSSR count). The summed E-state index contributed by atoms with van der Waals surface area (Å²) in [5.41, 5.74) is 0.168. The number of carboxylic acids is 1. The van der Waals surface area contributed by atoms with E-state index in [9.17, 15) is 9.59 Å². The summed E-state index contributed by atoms with van der Waals surface area (Å²) < 4.78 is 10.6. The highest BCUT2D eigenvalue weighted by atomic mass is 16.5. The van der Waals surface area contributed by atoms with E-state index in [4.69, 9.17) is 14.6 Å². The van der Waals surface area contributed by atoms with Crippen LogP contribution in [0.3, 0.4) is 0 Å². The molecule has 7 nitrogen and oxygen atoms in total. The number of carbonyl (C=O) groups is 2. The second-order valence-electron chi connectivity index (χ2n) is 4.96. The van der Waals surface area contributed by atoms with Crippen molar-refractivity contribution in [3.05, 3.63) is 23.9 Å². The molecule has 0 aromatic carbocycles. The number of ether oxygens (including phenoxy) is 2. The van der Waals surface area contributed by atoms with E-state index >= 15 is 0 Å². The van der Waals surface area contributed by atoms with E-state index in [1.54, 1.807) is 18.2 Å². The molecule has 114 valence electrons. The van der Waals surface area contributed by atoms with E-state index in [1.807, 2.05) is 13.8 Å². The molecule has 0 radical (unpaired) electrons. The smallest absolute Gasteiger partial charge is 0.328 e. The topological polar surface area (TPSA) is 89.0 Å². The fourth-order valence-corrected chi connectivity index (χ4v) is 2.04. The first-order valence-electron chi connectivity index (χ1n) is 6.74. The summed E-state index contributed by atoms with van der Waals surface area (Å²) in [6, 6.07) is 3.88. The van der Waals surface area contributed by atoms with Gasteiger partial charge < -0.3 is 19.5 Å². The van der Waals surface area contributed by atoms with Crippen molar-refractivity contribution < 1.29 is 24.2 Å². The third kappa shape index (κ3) is 3.69. The number of nitrogens with zero attached hydrogens (tertiary/aromatic N) is 2. The van der Waals surface area contributed by atoms with Crippen LogP contribution in [0.4, 0.5) is 0 Å². The lowest BCUT2D eigenvalue weighted by Gasteiger charge is -2.32. The number of pyridine rings is 1. The summed E-state index contributed by atoms with van der Waals surface area (Å²) in [6.45, 7) is 4.25. The Kier molecular flexibility index (Phi) is 4.74. The third-order valence-corrected chi connectivity index (χ3v) is 2.97. The average molecular weight is 294 g/mol. The van der Waals surface area contributed by atoms with E-state index < -0.39 is 17.9 Å². The van der Waals surface area contributed by atoms with Gasteiger partial charge in [0.25, 0.3) is 5.91 Å². The number of carboxylic acid groups (broad SMARTS) is 1. The predicted octanol–water partition coefficient (Wildman–Crippen LogP) is 0.794. The number of hydrogen-bond acceptors (Lipinski definition) is 5. The standard InChI is InChI=1S/C14H18N2O5/c1-9(2)21-12-5-3-4-10(15-12)13(17)16-6-7-20-8-11(16)14(18)19/h3-5,9,11H,6-8H2,1-2H3,(H,18,19). The van der Waals surface area contributed by atoms with Gasteiger partial charge >= 0.3 is 5.97 Å². The van der Waals surface area contributed by atoms with E-state index in [2.05, 4.69) is 4.98 Å². The van der Waals surface area contributed by atoms with Crippen LogP contribution in [0, 0.1) is 0 Å². The molecule has 1 aliphatic rings. The van der Waals surface area contributed by atoms with Crippen molar-refractivity contribution in [2.75, 3.05) is 19.8 Å². The largest absolute Gasteiger partial charge is 0.480 e. The first kappa shape index (κ1) is 15.2. The maximum Gasteiger partial charge on any atom is 0.328 e. The normalized spacial score (nSPS) is 18.6. The summed E-state index contributed by atoms with van der Waals surface area (Å²) in [5.74, 6) is -1.17.